The molecule has 0 aliphatic carbocycles. The van der Waals surface area contributed by atoms with Gasteiger partial charge in [-0.25, -0.2) is 0 Å². The minimum atomic E-state index is -0.346. The molecule has 0 nitrogen and oxygen atoms in total. The van der Waals surface area contributed by atoms with Crippen molar-refractivity contribution in [2.24, 2.45) is 0 Å². The molecule has 33 heavy (non-hydrogen) atoms. The van der Waals surface area contributed by atoms with Gasteiger partial charge in [-0.15, -0.1) is 0 Å². The van der Waals surface area contributed by atoms with Gasteiger partial charge in [0, 0.05) is 0 Å². The summed E-state index contributed by atoms with van der Waals surface area (Å²) in [4.78, 5) is 0. The van der Waals surface area contributed by atoms with Crippen molar-refractivity contribution in [1.82, 2.24) is 0 Å². The van der Waals surface area contributed by atoms with Gasteiger partial charge in [-0.3, -0.25) is 0 Å². The van der Waals surface area contributed by atoms with E-state index in [0.29, 0.717) is 0 Å². The van der Waals surface area contributed by atoms with Crippen molar-refractivity contribution in [2.45, 2.75) is 176 Å². The van der Waals surface area contributed by atoms with Gasteiger partial charge in [-0.05, 0) is 50.9 Å². The number of hydrogen-bond donors (Lipinski definition) is 0. The van der Waals surface area contributed by atoms with Crippen LogP contribution in [-0.2, 0) is 15.1 Å². The van der Waals surface area contributed by atoms with E-state index in [4.69, 9.17) is 19.4 Å². The van der Waals surface area contributed by atoms with Gasteiger partial charge in [-0.1, -0.05) is 148 Å². The second-order valence-electron chi connectivity index (χ2n) is 11.2. The molecule has 0 aromatic heterocycles. The molecule has 0 aliphatic rings. The molecular formula is C27H63Cl2P3Ru. The van der Waals surface area contributed by atoms with Crippen LogP contribution in [0.2, 0.25) is 0 Å². The van der Waals surface area contributed by atoms with Gasteiger partial charge in [0.15, 0.2) is 0 Å². The fraction of sp³-hybridized carbons (Fsp3) is 1.00. The van der Waals surface area contributed by atoms with E-state index in [9.17, 15) is 0 Å². The second-order valence-corrected chi connectivity index (χ2v) is 25.9. The summed E-state index contributed by atoms with van der Waals surface area (Å²) in [5.41, 5.74) is 8.08. The van der Waals surface area contributed by atoms with Crippen LogP contribution >= 0.6 is 43.1 Å². The van der Waals surface area contributed by atoms with Crippen molar-refractivity contribution in [3.8, 4) is 0 Å². The molecule has 0 unspecified atom stereocenters. The first-order chi connectivity index (χ1) is 14.8. The first-order valence-electron chi connectivity index (χ1n) is 13.0. The zero-order valence-corrected chi connectivity index (χ0v) is 31.6. The summed E-state index contributed by atoms with van der Waals surface area (Å²) in [6.45, 7) is 42.4. The Hall–Kier alpha value is 2.49. The summed E-state index contributed by atoms with van der Waals surface area (Å²) in [5.74, 6) is 0. The molecular weight excluding hydrogens is 589 g/mol. The third-order valence-corrected chi connectivity index (χ3v) is 16.1. The number of hydrogen-bond acceptors (Lipinski definition) is 0. The molecule has 0 saturated carbocycles. The van der Waals surface area contributed by atoms with Crippen molar-refractivity contribution >= 4 is 43.1 Å². The monoisotopic (exact) mass is 652 g/mol. The molecule has 0 atom stereocenters. The molecule has 0 heterocycles. The van der Waals surface area contributed by atoms with E-state index >= 15 is 0 Å². The van der Waals surface area contributed by atoms with E-state index < -0.39 is 0 Å². The average molecular weight is 653 g/mol. The Labute approximate surface area is 232 Å². The summed E-state index contributed by atoms with van der Waals surface area (Å²) in [7, 11) is 10.5. The molecule has 0 radical (unpaired) electrons. The SMILES string of the molecule is CC(C)P(C(C)C)C(C)C.CC(C)P(C(C)C)C(C)C.CC(C)P(C(C)C)C(C)C.[Cl][Ru][Cl]. The third-order valence-electron chi connectivity index (χ3n) is 5.37. The summed E-state index contributed by atoms with van der Waals surface area (Å²) in [6, 6.07) is 0. The molecule has 0 saturated heterocycles. The van der Waals surface area contributed by atoms with E-state index in [1.807, 2.05) is 0 Å². The van der Waals surface area contributed by atoms with Gasteiger partial charge in [0.25, 0.3) is 0 Å². The quantitative estimate of drug-likeness (QED) is 0.172. The first-order valence-corrected chi connectivity index (χ1v) is 22.1. The van der Waals surface area contributed by atoms with Crippen LogP contribution < -0.4 is 0 Å². The molecule has 0 rings (SSSR count). The first kappa shape index (κ1) is 42.6. The average Bonchev–Trinajstić information content (AvgIpc) is 2.52. The van der Waals surface area contributed by atoms with Crippen LogP contribution in [0.4, 0.5) is 0 Å². The Morgan fingerprint density at radius 1 is 0.303 bits per heavy atom. The van der Waals surface area contributed by atoms with Crippen LogP contribution in [0.25, 0.3) is 0 Å². The third kappa shape index (κ3) is 24.6. The Balaban J connectivity index is -0.000000180. The summed E-state index contributed by atoms with van der Waals surface area (Å²) in [6.07, 6.45) is 0. The second kappa shape index (κ2) is 24.8. The van der Waals surface area contributed by atoms with Crippen molar-refractivity contribution in [1.29, 1.82) is 0 Å². The van der Waals surface area contributed by atoms with E-state index in [1.165, 1.54) is 0 Å². The van der Waals surface area contributed by atoms with Gasteiger partial charge in [0.2, 0.25) is 0 Å². The van der Waals surface area contributed by atoms with Gasteiger partial charge in [-0.2, -0.15) is 0 Å². The van der Waals surface area contributed by atoms with Crippen molar-refractivity contribution in [3.63, 3.8) is 0 Å². The molecule has 0 amide bonds. The Morgan fingerprint density at radius 2 is 0.364 bits per heavy atom. The normalized spacial score (nSPS) is 12.1. The number of halogens is 2. The molecule has 6 heteroatoms. The van der Waals surface area contributed by atoms with Gasteiger partial charge >= 0.3 is 34.5 Å². The topological polar surface area (TPSA) is 0 Å². The fourth-order valence-electron chi connectivity index (χ4n) is 5.37. The van der Waals surface area contributed by atoms with Crippen LogP contribution in [0.5, 0.6) is 0 Å². The summed E-state index contributed by atoms with van der Waals surface area (Å²) in [5, 5.41) is 0. The maximum absolute atomic E-state index is 4.85. The summed E-state index contributed by atoms with van der Waals surface area (Å²) >= 11 is -0.346. The molecule has 0 aromatic rings. The summed E-state index contributed by atoms with van der Waals surface area (Å²) < 4.78 is 0. The van der Waals surface area contributed by atoms with Crippen molar-refractivity contribution < 1.29 is 15.1 Å². The fourth-order valence-corrected chi connectivity index (χ4v) is 16.1. The van der Waals surface area contributed by atoms with Crippen LogP contribution in [0.3, 0.4) is 0 Å². The Morgan fingerprint density at radius 3 is 0.364 bits per heavy atom. The zero-order chi connectivity index (χ0) is 27.6. The Bertz CT molecular complexity index is 285. The van der Waals surface area contributed by atoms with Crippen LogP contribution in [-0.4, -0.2) is 50.9 Å². The number of rotatable bonds is 9. The predicted octanol–water partition coefficient (Wildman–Crippen LogP) is 12.5. The van der Waals surface area contributed by atoms with Gasteiger partial charge in [0.1, 0.15) is 0 Å². The standard InChI is InChI=1S/3C9H21P.2ClH.Ru/c3*1-7(2)10(8(3)4)9(5)6;;;/h3*7-9H,1-6H3;2*1H;/q;;;;;+2/p-2. The predicted molar refractivity (Wildman–Crippen MR) is 169 cm³/mol. The molecule has 0 spiro atoms. The molecule has 0 N–H and O–H groups in total. The van der Waals surface area contributed by atoms with E-state index in [2.05, 4.69) is 125 Å². The van der Waals surface area contributed by atoms with E-state index in [0.717, 1.165) is 50.9 Å². The van der Waals surface area contributed by atoms with Crippen LogP contribution in [0.1, 0.15) is 125 Å². The van der Waals surface area contributed by atoms with Crippen LogP contribution in [0.15, 0.2) is 0 Å². The van der Waals surface area contributed by atoms with Gasteiger partial charge < -0.3 is 0 Å². The molecule has 0 fully saturated rings. The van der Waals surface area contributed by atoms with Crippen molar-refractivity contribution in [3.05, 3.63) is 0 Å². The molecule has 0 bridgehead atoms. The van der Waals surface area contributed by atoms with Gasteiger partial charge in [0.05, 0.1) is 0 Å². The molecule has 0 aliphatic heterocycles. The maximum atomic E-state index is 4.85. The van der Waals surface area contributed by atoms with Crippen molar-refractivity contribution in [2.75, 3.05) is 0 Å². The minimum absolute atomic E-state index is 0.262. The molecule has 208 valence electrons. The van der Waals surface area contributed by atoms with E-state index in [1.54, 1.807) is 0 Å². The zero-order valence-electron chi connectivity index (χ0n) is 25.6. The van der Waals surface area contributed by atoms with E-state index in [-0.39, 0.29) is 38.9 Å². The van der Waals surface area contributed by atoms with Crippen LogP contribution in [0, 0.1) is 0 Å². The Kier molecular flexibility index (Phi) is 32.0. The molecule has 0 aromatic carbocycles.